The molecule has 6 heteroatoms. The van der Waals surface area contributed by atoms with Gasteiger partial charge in [0.1, 0.15) is 12.3 Å². The second-order valence-corrected chi connectivity index (χ2v) is 25.0. The Hall–Kier alpha value is -7.05. The number of anilines is 3. The first-order valence-electron chi connectivity index (χ1n) is 30.4. The first-order valence-corrected chi connectivity index (χ1v) is 30.4. The van der Waals surface area contributed by atoms with Gasteiger partial charge in [0.15, 0.2) is 5.71 Å². The molecule has 1 heterocycles. The van der Waals surface area contributed by atoms with Crippen LogP contribution in [0.25, 0.3) is 28.3 Å². The van der Waals surface area contributed by atoms with Crippen molar-refractivity contribution < 1.29 is 24.4 Å². The highest BCUT2D eigenvalue weighted by molar-refractivity contribution is 6.24. The van der Waals surface area contributed by atoms with Gasteiger partial charge in [-0.25, -0.2) is 4.79 Å². The van der Waals surface area contributed by atoms with E-state index in [0.717, 1.165) is 78.2 Å². The first kappa shape index (κ1) is 56.2. The number of carbonyl (C=O) groups is 2. The van der Waals surface area contributed by atoms with Gasteiger partial charge >= 0.3 is 5.97 Å². The second-order valence-electron chi connectivity index (χ2n) is 25.0. The Morgan fingerprint density at radius 2 is 0.988 bits per heavy atom. The summed E-state index contributed by atoms with van der Waals surface area (Å²) in [5, 5.41) is 21.5. The minimum Gasteiger partial charge on any atom is -0.506 e. The number of carbonyl (C=O) groups excluding carboxylic acids is 1. The minimum atomic E-state index is -0.969. The van der Waals surface area contributed by atoms with Crippen molar-refractivity contribution in [1.29, 1.82) is 0 Å². The minimum absolute atomic E-state index is 0.0196. The number of hydrogen-bond donors (Lipinski definition) is 2. The van der Waals surface area contributed by atoms with Crippen LogP contribution in [-0.2, 0) is 33.9 Å². The lowest BCUT2D eigenvalue weighted by Gasteiger charge is -2.30. The molecular formula is C74H85N2O4+. The number of carboxylic acids is 1. The molecule has 0 radical (unpaired) electrons. The SMILES string of the molecule is CCCCCCCC[N+]1=C(/C=C2/C(=O)C(/C=C/c3ccc(N(c4ccc5c(c4)C(C)(C)c4cc(CCCCCC)ccc4-5)c4ccc5c(c4)C(C)(C)c4cc(CCCCCC)ccc4-5)cc3)=C2O)C(C)(C)c2cc(C(=O)O)ccc21. The van der Waals surface area contributed by atoms with Crippen molar-refractivity contribution in [2.24, 2.45) is 0 Å². The number of ketones is 1. The molecule has 0 fully saturated rings. The molecule has 1 aliphatic heterocycles. The van der Waals surface area contributed by atoms with Crippen molar-refractivity contribution in [2.75, 3.05) is 11.4 Å². The Labute approximate surface area is 477 Å². The smallest absolute Gasteiger partial charge is 0.335 e. The molecule has 6 nitrogen and oxygen atoms in total. The molecule has 0 amide bonds. The lowest BCUT2D eigenvalue weighted by molar-refractivity contribution is -0.438. The van der Waals surface area contributed by atoms with E-state index in [9.17, 15) is 19.8 Å². The number of benzene rings is 6. The summed E-state index contributed by atoms with van der Waals surface area (Å²) in [6.45, 7) is 21.2. The molecule has 3 aliphatic carbocycles. The van der Waals surface area contributed by atoms with Gasteiger partial charge in [0.25, 0.3) is 0 Å². The highest BCUT2D eigenvalue weighted by Gasteiger charge is 2.47. The number of nitrogens with zero attached hydrogens (tertiary/aromatic N) is 2. The van der Waals surface area contributed by atoms with Crippen molar-refractivity contribution in [2.45, 2.75) is 181 Å². The fourth-order valence-electron chi connectivity index (χ4n) is 13.4. The van der Waals surface area contributed by atoms with Gasteiger partial charge in [-0.05, 0) is 162 Å². The van der Waals surface area contributed by atoms with Gasteiger partial charge in [-0.15, -0.1) is 0 Å². The van der Waals surface area contributed by atoms with E-state index >= 15 is 0 Å². The second kappa shape index (κ2) is 23.2. The monoisotopic (exact) mass is 1070 g/mol. The van der Waals surface area contributed by atoms with Crippen LogP contribution in [0.1, 0.15) is 207 Å². The third kappa shape index (κ3) is 10.6. The molecular weight excluding hydrogens is 981 g/mol. The number of allylic oxidation sites excluding steroid dienone is 4. The standard InChI is InChI=1S/C74H84N2O4/c1-10-13-16-19-20-23-42-75-67-41-31-52(71(79)80)45-66(67)74(8,9)68(75)48-61-69(77)60(70(61)78)38-28-49-26-32-53(33-27-49)76(54-34-39-58-56-36-29-50(24-21-17-14-11-2)43-62(56)72(4,5)64(58)46-54)55-35-40-59-57-37-30-51(25-22-18-15-12-3)44-63(57)73(6,7)65(59)47-55/h26-41,43-48H,10-25,42H2,1-9H3,(H-,77,78,79,80)/p+1. The van der Waals surface area contributed by atoms with Crippen LogP contribution in [0.5, 0.6) is 0 Å². The van der Waals surface area contributed by atoms with Gasteiger partial charge in [-0.3, -0.25) is 4.79 Å². The van der Waals surface area contributed by atoms with E-state index in [-0.39, 0.29) is 39.1 Å². The average Bonchev–Trinajstić information content (AvgIpc) is 3.91. The van der Waals surface area contributed by atoms with E-state index in [0.29, 0.717) is 0 Å². The number of rotatable bonds is 24. The third-order valence-electron chi connectivity index (χ3n) is 18.4. The number of carboxylic acid groups (broad SMARTS) is 1. The summed E-state index contributed by atoms with van der Waals surface area (Å²) in [6.07, 6.45) is 24.6. The summed E-state index contributed by atoms with van der Waals surface area (Å²) in [7, 11) is 0. The van der Waals surface area contributed by atoms with Gasteiger partial charge in [-0.2, -0.15) is 4.58 Å². The fourth-order valence-corrected chi connectivity index (χ4v) is 13.4. The molecule has 6 aromatic carbocycles. The predicted molar refractivity (Wildman–Crippen MR) is 333 cm³/mol. The number of aliphatic hydroxyl groups is 1. The Morgan fingerprint density at radius 1 is 0.512 bits per heavy atom. The van der Waals surface area contributed by atoms with Crippen LogP contribution in [0.15, 0.2) is 144 Å². The summed E-state index contributed by atoms with van der Waals surface area (Å²) in [5.41, 5.74) is 20.4. The van der Waals surface area contributed by atoms with E-state index in [1.165, 1.54) is 126 Å². The largest absolute Gasteiger partial charge is 0.506 e. The molecule has 0 aromatic heterocycles. The van der Waals surface area contributed by atoms with Gasteiger partial charge in [0.2, 0.25) is 11.5 Å². The number of fused-ring (bicyclic) bond motifs is 7. The molecule has 10 rings (SSSR count). The Morgan fingerprint density at radius 3 is 1.50 bits per heavy atom. The van der Waals surface area contributed by atoms with Crippen LogP contribution < -0.4 is 4.90 Å². The molecule has 0 saturated carbocycles. The van der Waals surface area contributed by atoms with Gasteiger partial charge in [0, 0.05) is 52.0 Å². The number of aryl methyl sites for hydroxylation is 2. The molecule has 414 valence electrons. The van der Waals surface area contributed by atoms with Crippen LogP contribution in [0.2, 0.25) is 0 Å². The molecule has 6 aromatic rings. The predicted octanol–water partition coefficient (Wildman–Crippen LogP) is 19.5. The van der Waals surface area contributed by atoms with Gasteiger partial charge in [0.05, 0.1) is 22.1 Å². The molecule has 80 heavy (non-hydrogen) atoms. The van der Waals surface area contributed by atoms with E-state index in [1.807, 2.05) is 18.2 Å². The summed E-state index contributed by atoms with van der Waals surface area (Å²) in [4.78, 5) is 28.5. The van der Waals surface area contributed by atoms with Gasteiger partial charge in [-0.1, -0.05) is 179 Å². The van der Waals surface area contributed by atoms with Crippen molar-refractivity contribution in [1.82, 2.24) is 0 Å². The maximum atomic E-state index is 14.0. The highest BCUT2D eigenvalue weighted by atomic mass is 16.4. The molecule has 0 unspecified atom stereocenters. The lowest BCUT2D eigenvalue weighted by Crippen LogP contribution is -2.31. The number of aromatic carboxylic acids is 1. The molecule has 0 saturated heterocycles. The van der Waals surface area contributed by atoms with Crippen LogP contribution in [0.4, 0.5) is 22.7 Å². The third-order valence-corrected chi connectivity index (χ3v) is 18.4. The molecule has 0 atom stereocenters. The van der Waals surface area contributed by atoms with Crippen molar-refractivity contribution in [3.8, 4) is 22.3 Å². The molecule has 2 N–H and O–H groups in total. The zero-order chi connectivity index (χ0) is 56.5. The number of unbranched alkanes of at least 4 members (excludes halogenated alkanes) is 11. The fraction of sp³-hybridized carbons (Fsp3) is 0.392. The number of Topliss-reactive ketones (excluding diaryl/α,β-unsaturated/α-hetero) is 1. The Balaban J connectivity index is 0.963. The summed E-state index contributed by atoms with van der Waals surface area (Å²) < 4.78 is 2.23. The Kier molecular flexibility index (Phi) is 16.3. The zero-order valence-electron chi connectivity index (χ0n) is 49.3. The maximum absolute atomic E-state index is 14.0. The van der Waals surface area contributed by atoms with Gasteiger partial charge < -0.3 is 15.1 Å². The average molecular weight is 1070 g/mol. The van der Waals surface area contributed by atoms with Crippen molar-refractivity contribution in [3.63, 3.8) is 0 Å². The van der Waals surface area contributed by atoms with E-state index in [4.69, 9.17) is 0 Å². The Bertz CT molecular complexity index is 3360. The lowest BCUT2D eigenvalue weighted by atomic mass is 9.78. The first-order chi connectivity index (χ1) is 38.5. The van der Waals surface area contributed by atoms with Crippen LogP contribution in [-0.4, -0.2) is 38.8 Å². The molecule has 4 aliphatic rings. The van der Waals surface area contributed by atoms with E-state index < -0.39 is 11.4 Å². The summed E-state index contributed by atoms with van der Waals surface area (Å²) >= 11 is 0. The summed E-state index contributed by atoms with van der Waals surface area (Å²) in [6, 6.07) is 42.3. The quantitative estimate of drug-likeness (QED) is 0.0359. The van der Waals surface area contributed by atoms with Crippen LogP contribution in [0.3, 0.4) is 0 Å². The topological polar surface area (TPSA) is 80.8 Å². The number of hydrogen-bond acceptors (Lipinski definition) is 4. The van der Waals surface area contributed by atoms with Crippen LogP contribution >= 0.6 is 0 Å². The normalized spacial score (nSPS) is 16.5. The van der Waals surface area contributed by atoms with E-state index in [2.05, 4.69) is 169 Å². The van der Waals surface area contributed by atoms with Crippen molar-refractivity contribution in [3.05, 3.63) is 194 Å². The molecule has 0 spiro atoms. The summed E-state index contributed by atoms with van der Waals surface area (Å²) in [5.74, 6) is -1.20. The molecule has 0 bridgehead atoms. The van der Waals surface area contributed by atoms with Crippen molar-refractivity contribution >= 4 is 46.3 Å². The maximum Gasteiger partial charge on any atom is 0.335 e. The zero-order valence-corrected chi connectivity index (χ0v) is 49.3. The van der Waals surface area contributed by atoms with Crippen LogP contribution in [0, 0.1) is 0 Å². The number of aliphatic hydroxyl groups excluding tert-OH is 1. The highest BCUT2D eigenvalue weighted by Crippen LogP contribution is 2.54. The van der Waals surface area contributed by atoms with E-state index in [1.54, 1.807) is 18.2 Å².